The van der Waals surface area contributed by atoms with Crippen LogP contribution in [0.4, 0.5) is 4.79 Å². The van der Waals surface area contributed by atoms with Gasteiger partial charge in [-0.1, -0.05) is 0 Å². The van der Waals surface area contributed by atoms with E-state index in [1.54, 1.807) is 20.8 Å². The summed E-state index contributed by atoms with van der Waals surface area (Å²) in [5.41, 5.74) is -1.97. The number of β-amino-alcohol motifs (C(OH)–C–C–N with tert-alkyl or cyclic N) is 1. The molecule has 84 valence electrons. The first-order valence-electron chi connectivity index (χ1n) is 4.85. The van der Waals surface area contributed by atoms with Crippen LogP contribution in [-0.4, -0.2) is 40.5 Å². The van der Waals surface area contributed by atoms with E-state index in [0.717, 1.165) is 0 Å². The lowest BCUT2D eigenvalue weighted by Gasteiger charge is -2.23. The summed E-state index contributed by atoms with van der Waals surface area (Å²) in [6, 6.07) is 0. The fourth-order valence-corrected chi connectivity index (χ4v) is 1.35. The second-order valence-corrected chi connectivity index (χ2v) is 4.75. The van der Waals surface area contributed by atoms with Gasteiger partial charge in [0.25, 0.3) is 0 Å². The molecule has 0 aromatic heterocycles. The monoisotopic (exact) mass is 212 g/mol. The predicted octanol–water partition coefficient (Wildman–Crippen LogP) is 1.24. The third kappa shape index (κ3) is 3.10. The Morgan fingerprint density at radius 2 is 2.20 bits per heavy atom. The van der Waals surface area contributed by atoms with Gasteiger partial charge in [0.05, 0.1) is 6.42 Å². The van der Waals surface area contributed by atoms with Gasteiger partial charge in [-0.05, 0) is 20.8 Å². The molecule has 1 unspecified atom stereocenters. The summed E-state index contributed by atoms with van der Waals surface area (Å²) < 4.78 is 5.13. The predicted molar refractivity (Wildman–Crippen MR) is 54.0 cm³/mol. The third-order valence-electron chi connectivity index (χ3n) is 2.09. The van der Waals surface area contributed by atoms with Gasteiger partial charge in [0.1, 0.15) is 12.1 Å². The molecule has 1 amide bonds. The molecule has 0 radical (unpaired) electrons. The van der Waals surface area contributed by atoms with Gasteiger partial charge in [0.15, 0.2) is 0 Å². The van der Waals surface area contributed by atoms with Crippen molar-refractivity contribution in [2.75, 3.05) is 13.1 Å². The smallest absolute Gasteiger partial charge is 0.410 e. The van der Waals surface area contributed by atoms with Crippen LogP contribution in [0.25, 0.3) is 4.85 Å². The molecular formula is C10H16N2O3. The van der Waals surface area contributed by atoms with Crippen LogP contribution in [-0.2, 0) is 4.74 Å². The molecule has 0 saturated carbocycles. The molecule has 1 aliphatic rings. The van der Waals surface area contributed by atoms with E-state index in [4.69, 9.17) is 11.3 Å². The quantitative estimate of drug-likeness (QED) is 0.614. The zero-order valence-corrected chi connectivity index (χ0v) is 9.28. The number of aliphatic hydroxyl groups is 1. The van der Waals surface area contributed by atoms with Crippen LogP contribution in [0.5, 0.6) is 0 Å². The van der Waals surface area contributed by atoms with E-state index in [1.807, 2.05) is 0 Å². The van der Waals surface area contributed by atoms with E-state index in [0.29, 0.717) is 6.54 Å². The summed E-state index contributed by atoms with van der Waals surface area (Å²) in [6.45, 7) is 12.5. The minimum absolute atomic E-state index is 0.0331. The number of likely N-dealkylation sites (tertiary alicyclic amines) is 1. The van der Waals surface area contributed by atoms with E-state index in [-0.39, 0.29) is 13.0 Å². The highest BCUT2D eigenvalue weighted by atomic mass is 16.6. The Morgan fingerprint density at radius 1 is 1.60 bits per heavy atom. The van der Waals surface area contributed by atoms with E-state index in [1.165, 1.54) is 4.90 Å². The summed E-state index contributed by atoms with van der Waals surface area (Å²) in [4.78, 5) is 16.0. The van der Waals surface area contributed by atoms with Crippen LogP contribution in [0.15, 0.2) is 0 Å². The fraction of sp³-hybridized carbons (Fsp3) is 0.800. The molecule has 5 heteroatoms. The van der Waals surface area contributed by atoms with Gasteiger partial charge in [0.2, 0.25) is 0 Å². The molecule has 0 aliphatic carbocycles. The number of hydrogen-bond donors (Lipinski definition) is 1. The first kappa shape index (κ1) is 11.8. The number of carbonyl (C=O) groups is 1. The van der Waals surface area contributed by atoms with Crippen molar-refractivity contribution in [2.24, 2.45) is 0 Å². The first-order valence-corrected chi connectivity index (χ1v) is 4.85. The molecule has 0 bridgehead atoms. The molecule has 0 aromatic rings. The number of amides is 1. The molecule has 1 rings (SSSR count). The highest BCUT2D eigenvalue weighted by Gasteiger charge is 2.45. The number of carbonyl (C=O) groups excluding carboxylic acids is 1. The van der Waals surface area contributed by atoms with Crippen LogP contribution in [0.2, 0.25) is 0 Å². The lowest BCUT2D eigenvalue weighted by molar-refractivity contribution is 0.0228. The van der Waals surface area contributed by atoms with Gasteiger partial charge in [-0.25, -0.2) is 11.4 Å². The molecule has 0 spiro atoms. The van der Waals surface area contributed by atoms with Gasteiger partial charge < -0.3 is 9.84 Å². The topological polar surface area (TPSA) is 54.1 Å². The standard InChI is InChI=1S/C10H16N2O3/c1-9(2,3)15-8(13)12-6-5-10(14,7-12)11-4/h14H,5-7H2,1-3H3. The van der Waals surface area contributed by atoms with Crippen molar-refractivity contribution in [1.29, 1.82) is 0 Å². The molecule has 1 aliphatic heterocycles. The molecule has 1 N–H and O–H groups in total. The third-order valence-corrected chi connectivity index (χ3v) is 2.09. The Bertz CT molecular complexity index is 303. The molecule has 1 saturated heterocycles. The lowest BCUT2D eigenvalue weighted by atomic mass is 10.2. The van der Waals surface area contributed by atoms with Crippen molar-refractivity contribution in [1.82, 2.24) is 4.90 Å². The van der Waals surface area contributed by atoms with Gasteiger partial charge >= 0.3 is 11.8 Å². The molecule has 1 heterocycles. The average molecular weight is 212 g/mol. The van der Waals surface area contributed by atoms with Crippen molar-refractivity contribution in [3.8, 4) is 0 Å². The van der Waals surface area contributed by atoms with E-state index in [9.17, 15) is 9.90 Å². The summed E-state index contributed by atoms with van der Waals surface area (Å²) in [5, 5.41) is 9.61. The Hall–Kier alpha value is -1.28. The Balaban J connectivity index is 2.56. The van der Waals surface area contributed by atoms with Crippen LogP contribution in [0.3, 0.4) is 0 Å². The minimum Gasteiger partial charge on any atom is -0.444 e. The Kier molecular flexibility index (Phi) is 2.91. The Labute approximate surface area is 89.4 Å². The van der Waals surface area contributed by atoms with Crippen molar-refractivity contribution in [2.45, 2.75) is 38.5 Å². The maximum Gasteiger partial charge on any atom is 0.410 e. The first-order chi connectivity index (χ1) is 6.76. The number of hydrogen-bond acceptors (Lipinski definition) is 3. The maximum absolute atomic E-state index is 11.6. The van der Waals surface area contributed by atoms with Gasteiger partial charge in [0, 0.05) is 6.54 Å². The molecule has 0 aromatic carbocycles. The van der Waals surface area contributed by atoms with Crippen LogP contribution in [0, 0.1) is 6.57 Å². The highest BCUT2D eigenvalue weighted by Crippen LogP contribution is 2.24. The molecule has 1 atom stereocenters. The average Bonchev–Trinajstić information content (AvgIpc) is 2.46. The largest absolute Gasteiger partial charge is 0.444 e. The normalized spacial score (nSPS) is 26.2. The van der Waals surface area contributed by atoms with Gasteiger partial charge in [-0.3, -0.25) is 9.74 Å². The van der Waals surface area contributed by atoms with Crippen LogP contribution >= 0.6 is 0 Å². The SMILES string of the molecule is [C-]#[N+]C1(O)CCN(C(=O)OC(C)(C)C)C1. The zero-order chi connectivity index (χ0) is 11.7. The van der Waals surface area contributed by atoms with Crippen molar-refractivity contribution < 1.29 is 14.6 Å². The van der Waals surface area contributed by atoms with Crippen molar-refractivity contribution in [3.63, 3.8) is 0 Å². The summed E-state index contributed by atoms with van der Waals surface area (Å²) >= 11 is 0. The zero-order valence-electron chi connectivity index (χ0n) is 9.28. The molecular weight excluding hydrogens is 196 g/mol. The number of nitrogens with zero attached hydrogens (tertiary/aromatic N) is 2. The van der Waals surface area contributed by atoms with Gasteiger partial charge in [-0.15, -0.1) is 0 Å². The second kappa shape index (κ2) is 3.70. The minimum atomic E-state index is -1.42. The van der Waals surface area contributed by atoms with Crippen LogP contribution in [0.1, 0.15) is 27.2 Å². The summed E-state index contributed by atoms with van der Waals surface area (Å²) in [7, 11) is 0. The Morgan fingerprint density at radius 3 is 2.60 bits per heavy atom. The van der Waals surface area contributed by atoms with Crippen molar-refractivity contribution in [3.05, 3.63) is 11.4 Å². The van der Waals surface area contributed by atoms with E-state index >= 15 is 0 Å². The van der Waals surface area contributed by atoms with Crippen LogP contribution < -0.4 is 0 Å². The van der Waals surface area contributed by atoms with E-state index in [2.05, 4.69) is 4.85 Å². The molecule has 5 nitrogen and oxygen atoms in total. The second-order valence-electron chi connectivity index (χ2n) is 4.75. The summed E-state index contributed by atoms with van der Waals surface area (Å²) in [6.07, 6.45) is -0.183. The fourth-order valence-electron chi connectivity index (χ4n) is 1.35. The van der Waals surface area contributed by atoms with Crippen molar-refractivity contribution >= 4 is 6.09 Å². The number of rotatable bonds is 0. The van der Waals surface area contributed by atoms with Gasteiger partial charge in [-0.2, -0.15) is 0 Å². The highest BCUT2D eigenvalue weighted by molar-refractivity contribution is 5.68. The van der Waals surface area contributed by atoms with E-state index < -0.39 is 17.4 Å². The lowest BCUT2D eigenvalue weighted by Crippen LogP contribution is -2.37. The number of ether oxygens (including phenoxy) is 1. The maximum atomic E-state index is 11.6. The summed E-state index contributed by atoms with van der Waals surface area (Å²) in [5.74, 6) is 0. The molecule has 15 heavy (non-hydrogen) atoms. The molecule has 1 fully saturated rings.